The molecule has 0 N–H and O–H groups in total. The number of pyridine rings is 2. The standard InChI is InChI=1S/C15H13N3O2S2/c19-22(20,15-2-1-7-21-15)18-6-4-14-12(10-18)8-11-9-16-5-3-13(11)17-14/h1-3,5,7-9H,4,6,10H2. The van der Waals surface area contributed by atoms with E-state index in [4.69, 9.17) is 0 Å². The van der Waals surface area contributed by atoms with Gasteiger partial charge in [0.1, 0.15) is 4.21 Å². The Balaban J connectivity index is 1.74. The highest BCUT2D eigenvalue weighted by molar-refractivity contribution is 7.91. The summed E-state index contributed by atoms with van der Waals surface area (Å²) in [7, 11) is -3.41. The molecule has 0 fully saturated rings. The van der Waals surface area contributed by atoms with Crippen LogP contribution in [0.3, 0.4) is 0 Å². The largest absolute Gasteiger partial charge is 0.264 e. The van der Waals surface area contributed by atoms with Gasteiger partial charge in [-0.15, -0.1) is 11.3 Å². The molecule has 0 amide bonds. The summed E-state index contributed by atoms with van der Waals surface area (Å²) < 4.78 is 27.2. The predicted octanol–water partition coefficient (Wildman–Crippen LogP) is 2.44. The quantitative estimate of drug-likeness (QED) is 0.723. The van der Waals surface area contributed by atoms with E-state index in [2.05, 4.69) is 9.97 Å². The molecule has 0 radical (unpaired) electrons. The monoisotopic (exact) mass is 331 g/mol. The third-order valence-corrected chi connectivity index (χ3v) is 7.04. The van der Waals surface area contributed by atoms with E-state index in [-0.39, 0.29) is 0 Å². The van der Waals surface area contributed by atoms with Gasteiger partial charge in [-0.2, -0.15) is 4.31 Å². The number of rotatable bonds is 2. The van der Waals surface area contributed by atoms with Crippen LogP contribution >= 0.6 is 11.3 Å². The van der Waals surface area contributed by atoms with Crippen molar-refractivity contribution in [2.75, 3.05) is 6.54 Å². The molecule has 0 saturated carbocycles. The molecule has 1 aliphatic rings. The van der Waals surface area contributed by atoms with E-state index in [1.165, 1.54) is 15.6 Å². The molecule has 4 rings (SSSR count). The summed E-state index contributed by atoms with van der Waals surface area (Å²) >= 11 is 1.25. The summed E-state index contributed by atoms with van der Waals surface area (Å²) in [5, 5.41) is 2.72. The van der Waals surface area contributed by atoms with Crippen molar-refractivity contribution in [3.63, 3.8) is 0 Å². The highest BCUT2D eigenvalue weighted by Gasteiger charge is 2.29. The summed E-state index contributed by atoms with van der Waals surface area (Å²) in [5.74, 6) is 0. The van der Waals surface area contributed by atoms with Crippen LogP contribution in [0.4, 0.5) is 0 Å². The molecule has 4 heterocycles. The van der Waals surface area contributed by atoms with Crippen molar-refractivity contribution in [1.29, 1.82) is 0 Å². The highest BCUT2D eigenvalue weighted by Crippen LogP contribution is 2.28. The van der Waals surface area contributed by atoms with E-state index >= 15 is 0 Å². The predicted molar refractivity (Wildman–Crippen MR) is 85.2 cm³/mol. The Labute approximate surface area is 132 Å². The molecule has 112 valence electrons. The Kier molecular flexibility index (Phi) is 3.21. The Bertz CT molecular complexity index is 937. The van der Waals surface area contributed by atoms with E-state index in [1.54, 1.807) is 29.9 Å². The number of hydrogen-bond acceptors (Lipinski definition) is 5. The average Bonchev–Trinajstić information content (AvgIpc) is 3.07. The van der Waals surface area contributed by atoms with Gasteiger partial charge in [-0.1, -0.05) is 6.07 Å². The SMILES string of the molecule is O=S(=O)(c1cccs1)N1CCc2nc3ccncc3cc2C1. The molecule has 0 atom stereocenters. The van der Waals surface area contributed by atoms with E-state index in [0.29, 0.717) is 23.7 Å². The first-order valence-electron chi connectivity index (χ1n) is 6.91. The molecule has 22 heavy (non-hydrogen) atoms. The van der Waals surface area contributed by atoms with Gasteiger partial charge >= 0.3 is 0 Å². The minimum Gasteiger partial charge on any atom is -0.264 e. The van der Waals surface area contributed by atoms with Crippen LogP contribution in [0, 0.1) is 0 Å². The normalized spacial score (nSPS) is 15.8. The van der Waals surface area contributed by atoms with Crippen molar-refractivity contribution in [2.45, 2.75) is 17.2 Å². The molecule has 1 aliphatic heterocycles. The van der Waals surface area contributed by atoms with Crippen molar-refractivity contribution in [2.24, 2.45) is 0 Å². The zero-order chi connectivity index (χ0) is 15.2. The third-order valence-electron chi connectivity index (χ3n) is 3.82. The fraction of sp³-hybridized carbons (Fsp3) is 0.200. The molecule has 0 unspecified atom stereocenters. The summed E-state index contributed by atoms with van der Waals surface area (Å²) in [6.45, 7) is 0.838. The Hall–Kier alpha value is -1.83. The number of nitrogens with zero attached hydrogens (tertiary/aromatic N) is 3. The van der Waals surface area contributed by atoms with Crippen LogP contribution in [0.25, 0.3) is 10.9 Å². The van der Waals surface area contributed by atoms with Gasteiger partial charge in [0.2, 0.25) is 0 Å². The first-order chi connectivity index (χ1) is 10.6. The van der Waals surface area contributed by atoms with Crippen molar-refractivity contribution >= 4 is 32.3 Å². The maximum atomic E-state index is 12.6. The number of sulfonamides is 1. The van der Waals surface area contributed by atoms with Gasteiger partial charge in [0.15, 0.2) is 0 Å². The third kappa shape index (κ3) is 2.22. The van der Waals surface area contributed by atoms with Crippen LogP contribution in [0.15, 0.2) is 46.2 Å². The molecular weight excluding hydrogens is 318 g/mol. The molecular formula is C15H13N3O2S2. The van der Waals surface area contributed by atoms with Gasteiger partial charge in [0, 0.05) is 43.0 Å². The number of hydrogen-bond donors (Lipinski definition) is 0. The second-order valence-electron chi connectivity index (χ2n) is 5.18. The summed E-state index contributed by atoms with van der Waals surface area (Å²) in [6, 6.07) is 7.29. The number of fused-ring (bicyclic) bond motifs is 2. The van der Waals surface area contributed by atoms with Gasteiger partial charge in [-0.05, 0) is 29.1 Å². The fourth-order valence-corrected chi connectivity index (χ4v) is 5.26. The molecule has 3 aromatic rings. The minimum absolute atomic E-state index is 0.368. The second-order valence-corrected chi connectivity index (χ2v) is 8.30. The van der Waals surface area contributed by atoms with Crippen molar-refractivity contribution in [3.8, 4) is 0 Å². The van der Waals surface area contributed by atoms with Crippen LogP contribution in [-0.4, -0.2) is 29.2 Å². The maximum Gasteiger partial charge on any atom is 0.252 e. The van der Waals surface area contributed by atoms with Crippen LogP contribution in [-0.2, 0) is 23.0 Å². The van der Waals surface area contributed by atoms with Gasteiger partial charge in [-0.25, -0.2) is 8.42 Å². The lowest BCUT2D eigenvalue weighted by molar-refractivity contribution is 0.389. The van der Waals surface area contributed by atoms with Crippen LogP contribution in [0.2, 0.25) is 0 Å². The average molecular weight is 331 g/mol. The molecule has 0 spiro atoms. The topological polar surface area (TPSA) is 63.2 Å². The zero-order valence-corrected chi connectivity index (χ0v) is 13.3. The lowest BCUT2D eigenvalue weighted by Crippen LogP contribution is -2.36. The van der Waals surface area contributed by atoms with E-state index < -0.39 is 10.0 Å². The van der Waals surface area contributed by atoms with Gasteiger partial charge in [-0.3, -0.25) is 9.97 Å². The van der Waals surface area contributed by atoms with Crippen LogP contribution < -0.4 is 0 Å². The van der Waals surface area contributed by atoms with Gasteiger partial charge in [0.25, 0.3) is 10.0 Å². The Morgan fingerprint density at radius 2 is 2.18 bits per heavy atom. The summed E-state index contributed by atoms with van der Waals surface area (Å²) in [5.41, 5.74) is 2.85. The van der Waals surface area contributed by atoms with Crippen molar-refractivity contribution in [3.05, 3.63) is 53.3 Å². The summed E-state index contributed by atoms with van der Waals surface area (Å²) in [6.07, 6.45) is 4.12. The molecule has 0 saturated heterocycles. The second kappa shape index (κ2) is 5.12. The zero-order valence-electron chi connectivity index (χ0n) is 11.6. The van der Waals surface area contributed by atoms with E-state index in [1.807, 2.05) is 12.1 Å². The van der Waals surface area contributed by atoms with Gasteiger partial charge in [0.05, 0.1) is 5.52 Å². The minimum atomic E-state index is -3.41. The molecule has 7 heteroatoms. The smallest absolute Gasteiger partial charge is 0.252 e. The van der Waals surface area contributed by atoms with Crippen LogP contribution in [0.1, 0.15) is 11.3 Å². The molecule has 0 aromatic carbocycles. The van der Waals surface area contributed by atoms with E-state index in [9.17, 15) is 8.42 Å². The molecule has 0 bridgehead atoms. The molecule has 3 aromatic heterocycles. The molecule has 0 aliphatic carbocycles. The van der Waals surface area contributed by atoms with E-state index in [0.717, 1.165) is 22.2 Å². The Morgan fingerprint density at radius 3 is 3.00 bits per heavy atom. The van der Waals surface area contributed by atoms with Crippen molar-refractivity contribution in [1.82, 2.24) is 14.3 Å². The summed E-state index contributed by atoms with van der Waals surface area (Å²) in [4.78, 5) is 8.74. The highest BCUT2D eigenvalue weighted by atomic mass is 32.2. The fourth-order valence-electron chi connectivity index (χ4n) is 2.70. The maximum absolute atomic E-state index is 12.6. The van der Waals surface area contributed by atoms with Crippen molar-refractivity contribution < 1.29 is 8.42 Å². The number of thiophene rings is 1. The lowest BCUT2D eigenvalue weighted by atomic mass is 10.1. The molecule has 5 nitrogen and oxygen atoms in total. The van der Waals surface area contributed by atoms with Gasteiger partial charge < -0.3 is 0 Å². The first-order valence-corrected chi connectivity index (χ1v) is 9.23. The Morgan fingerprint density at radius 1 is 1.27 bits per heavy atom. The number of aromatic nitrogens is 2. The lowest BCUT2D eigenvalue weighted by Gasteiger charge is -2.27. The first kappa shape index (κ1) is 13.8. The van der Waals surface area contributed by atoms with Crippen LogP contribution in [0.5, 0.6) is 0 Å².